The van der Waals surface area contributed by atoms with Gasteiger partial charge >= 0.3 is 6.18 Å². The third-order valence-electron chi connectivity index (χ3n) is 5.12. The number of nitrogens with two attached hydrogens (primary N) is 1. The molecule has 6 nitrogen and oxygen atoms in total. The first-order valence-electron chi connectivity index (χ1n) is 8.61. The van der Waals surface area contributed by atoms with E-state index >= 15 is 0 Å². The standard InChI is InChI=1S/C16H23F3N4O2.ClH/c17-16(18,19)13-8-12(21-22-13)11-2-1-5-23(9-11)15(24)14(20)10-3-6-25-7-4-10;/h8,10-11,14H,1-7,9,20H2,(H,21,22);1H. The molecule has 2 atom stereocenters. The van der Waals surface area contributed by atoms with E-state index in [-0.39, 0.29) is 30.2 Å². The zero-order chi connectivity index (χ0) is 18.0. The zero-order valence-electron chi connectivity index (χ0n) is 14.3. The van der Waals surface area contributed by atoms with Crippen molar-refractivity contribution < 1.29 is 22.7 Å². The number of halogens is 4. The van der Waals surface area contributed by atoms with Crippen molar-refractivity contribution in [2.45, 2.75) is 43.8 Å². The van der Waals surface area contributed by atoms with E-state index < -0.39 is 17.9 Å². The van der Waals surface area contributed by atoms with E-state index in [4.69, 9.17) is 10.5 Å². The van der Waals surface area contributed by atoms with Crippen LogP contribution in [0.3, 0.4) is 0 Å². The minimum absolute atomic E-state index is 0. The van der Waals surface area contributed by atoms with Crippen molar-refractivity contribution in [2.75, 3.05) is 26.3 Å². The number of alkyl halides is 3. The lowest BCUT2D eigenvalue weighted by Gasteiger charge is -2.36. The molecule has 2 aliphatic rings. The van der Waals surface area contributed by atoms with E-state index in [0.29, 0.717) is 32.0 Å². The summed E-state index contributed by atoms with van der Waals surface area (Å²) in [7, 11) is 0. The summed E-state index contributed by atoms with van der Waals surface area (Å²) in [6.45, 7) is 2.19. The summed E-state index contributed by atoms with van der Waals surface area (Å²) in [5.74, 6) is -0.194. The molecule has 0 aromatic carbocycles. The van der Waals surface area contributed by atoms with Gasteiger partial charge in [-0.05, 0) is 37.7 Å². The summed E-state index contributed by atoms with van der Waals surface area (Å²) in [6.07, 6.45) is -1.49. The Kier molecular flexibility index (Phi) is 6.92. The number of carbonyl (C=O) groups is 1. The predicted octanol–water partition coefficient (Wildman–Crippen LogP) is 2.31. The van der Waals surface area contributed by atoms with Crippen LogP contribution >= 0.6 is 12.4 Å². The molecule has 3 rings (SSSR count). The van der Waals surface area contributed by atoms with E-state index in [1.54, 1.807) is 4.90 Å². The number of piperidine rings is 1. The van der Waals surface area contributed by atoms with Crippen molar-refractivity contribution in [3.8, 4) is 0 Å². The average Bonchev–Trinajstić information content (AvgIpc) is 3.12. The van der Waals surface area contributed by atoms with Crippen molar-refractivity contribution in [2.24, 2.45) is 11.7 Å². The van der Waals surface area contributed by atoms with E-state index in [9.17, 15) is 18.0 Å². The number of hydrogen-bond acceptors (Lipinski definition) is 4. The molecule has 148 valence electrons. The van der Waals surface area contributed by atoms with Gasteiger partial charge in [-0.15, -0.1) is 12.4 Å². The summed E-state index contributed by atoms with van der Waals surface area (Å²) in [5.41, 5.74) is 5.65. The maximum atomic E-state index is 12.7. The molecule has 3 heterocycles. The molecule has 2 unspecified atom stereocenters. The highest BCUT2D eigenvalue weighted by molar-refractivity contribution is 5.85. The Bertz CT molecular complexity index is 605. The normalized spacial score (nSPS) is 23.4. The monoisotopic (exact) mass is 396 g/mol. The molecule has 0 aliphatic carbocycles. The molecule has 2 saturated heterocycles. The first-order valence-corrected chi connectivity index (χ1v) is 8.61. The van der Waals surface area contributed by atoms with Crippen LogP contribution in [0.2, 0.25) is 0 Å². The Labute approximate surface area is 156 Å². The number of ether oxygens (including phenoxy) is 1. The highest BCUT2D eigenvalue weighted by Crippen LogP contribution is 2.32. The molecule has 10 heteroatoms. The molecule has 0 saturated carbocycles. The molecule has 0 radical (unpaired) electrons. The van der Waals surface area contributed by atoms with Crippen LogP contribution in [0, 0.1) is 5.92 Å². The highest BCUT2D eigenvalue weighted by atomic mass is 35.5. The van der Waals surface area contributed by atoms with Crippen LogP contribution in [0.5, 0.6) is 0 Å². The van der Waals surface area contributed by atoms with Crippen LogP contribution in [0.15, 0.2) is 6.07 Å². The summed E-state index contributed by atoms with van der Waals surface area (Å²) >= 11 is 0. The molecule has 2 fully saturated rings. The van der Waals surface area contributed by atoms with Gasteiger partial charge in [-0.1, -0.05) is 0 Å². The van der Waals surface area contributed by atoms with Gasteiger partial charge in [-0.3, -0.25) is 9.89 Å². The van der Waals surface area contributed by atoms with Crippen molar-refractivity contribution >= 4 is 18.3 Å². The molecule has 2 aliphatic heterocycles. The number of amides is 1. The van der Waals surface area contributed by atoms with Gasteiger partial charge in [0.25, 0.3) is 0 Å². The lowest BCUT2D eigenvalue weighted by atomic mass is 9.89. The molecule has 0 bridgehead atoms. The minimum Gasteiger partial charge on any atom is -0.381 e. The summed E-state index contributed by atoms with van der Waals surface area (Å²) in [6, 6.07) is 0.465. The van der Waals surface area contributed by atoms with E-state index in [1.807, 2.05) is 0 Å². The van der Waals surface area contributed by atoms with Crippen molar-refractivity contribution in [3.05, 3.63) is 17.5 Å². The number of aromatic amines is 1. The number of nitrogens with one attached hydrogen (secondary N) is 1. The summed E-state index contributed by atoms with van der Waals surface area (Å²) < 4.78 is 43.4. The number of carbonyl (C=O) groups excluding carboxylic acids is 1. The van der Waals surface area contributed by atoms with Gasteiger partial charge in [-0.2, -0.15) is 18.3 Å². The molecule has 26 heavy (non-hydrogen) atoms. The highest BCUT2D eigenvalue weighted by Gasteiger charge is 2.36. The van der Waals surface area contributed by atoms with Gasteiger partial charge in [0.05, 0.1) is 6.04 Å². The van der Waals surface area contributed by atoms with Crippen LogP contribution in [-0.2, 0) is 15.7 Å². The van der Waals surface area contributed by atoms with Crippen LogP contribution in [0.4, 0.5) is 13.2 Å². The molecule has 0 spiro atoms. The van der Waals surface area contributed by atoms with Crippen molar-refractivity contribution in [1.29, 1.82) is 0 Å². The van der Waals surface area contributed by atoms with E-state index in [0.717, 1.165) is 31.7 Å². The maximum absolute atomic E-state index is 12.7. The number of nitrogens with zero attached hydrogens (tertiary/aromatic N) is 2. The summed E-state index contributed by atoms with van der Waals surface area (Å²) in [5, 5.41) is 5.83. The van der Waals surface area contributed by atoms with Gasteiger partial charge in [0.15, 0.2) is 5.69 Å². The molecule has 1 aromatic rings. The molecular formula is C16H24ClF3N4O2. The fraction of sp³-hybridized carbons (Fsp3) is 0.750. The Morgan fingerprint density at radius 3 is 2.65 bits per heavy atom. The van der Waals surface area contributed by atoms with Gasteiger partial charge < -0.3 is 15.4 Å². The second-order valence-electron chi connectivity index (χ2n) is 6.81. The van der Waals surface area contributed by atoms with Crippen LogP contribution < -0.4 is 5.73 Å². The second kappa shape index (κ2) is 8.58. The fourth-order valence-corrected chi connectivity index (χ4v) is 3.61. The molecule has 1 amide bonds. The van der Waals surface area contributed by atoms with Gasteiger partial charge in [-0.25, -0.2) is 0 Å². The first-order chi connectivity index (χ1) is 11.9. The second-order valence-corrected chi connectivity index (χ2v) is 6.81. The van der Waals surface area contributed by atoms with Gasteiger partial charge in [0, 0.05) is 37.9 Å². The molecule has 1 aromatic heterocycles. The Morgan fingerprint density at radius 2 is 2.04 bits per heavy atom. The number of aromatic nitrogens is 2. The van der Waals surface area contributed by atoms with Gasteiger partial charge in [0.1, 0.15) is 0 Å². The largest absolute Gasteiger partial charge is 0.435 e. The lowest BCUT2D eigenvalue weighted by Crippen LogP contribution is -2.51. The zero-order valence-corrected chi connectivity index (χ0v) is 15.1. The summed E-state index contributed by atoms with van der Waals surface area (Å²) in [4.78, 5) is 14.4. The van der Waals surface area contributed by atoms with Crippen molar-refractivity contribution in [3.63, 3.8) is 0 Å². The lowest BCUT2D eigenvalue weighted by molar-refractivity contribution is -0.141. The Balaban J connectivity index is 0.00000243. The molecule has 3 N–H and O–H groups in total. The number of hydrogen-bond donors (Lipinski definition) is 2. The fourth-order valence-electron chi connectivity index (χ4n) is 3.61. The quantitative estimate of drug-likeness (QED) is 0.821. The van der Waals surface area contributed by atoms with E-state index in [2.05, 4.69) is 10.2 Å². The Morgan fingerprint density at radius 1 is 1.35 bits per heavy atom. The average molecular weight is 397 g/mol. The van der Waals surface area contributed by atoms with Crippen LogP contribution in [-0.4, -0.2) is 53.3 Å². The van der Waals surface area contributed by atoms with Crippen LogP contribution in [0.25, 0.3) is 0 Å². The Hall–Kier alpha value is -1.32. The number of likely N-dealkylation sites (tertiary alicyclic amines) is 1. The third-order valence-corrected chi connectivity index (χ3v) is 5.12. The van der Waals surface area contributed by atoms with E-state index in [1.165, 1.54) is 0 Å². The SMILES string of the molecule is Cl.NC(C(=O)N1CCCC(c2cc(C(F)(F)F)n[nH]2)C1)C1CCOCC1. The van der Waals surface area contributed by atoms with Crippen LogP contribution in [0.1, 0.15) is 43.0 Å². The topological polar surface area (TPSA) is 84.2 Å². The number of rotatable bonds is 3. The predicted molar refractivity (Wildman–Crippen MR) is 90.9 cm³/mol. The van der Waals surface area contributed by atoms with Crippen molar-refractivity contribution in [1.82, 2.24) is 15.1 Å². The first kappa shape index (κ1) is 21.0. The number of H-pyrrole nitrogens is 1. The molecular weight excluding hydrogens is 373 g/mol. The maximum Gasteiger partial charge on any atom is 0.435 e. The van der Waals surface area contributed by atoms with Gasteiger partial charge in [0.2, 0.25) is 5.91 Å². The minimum atomic E-state index is -4.47. The smallest absolute Gasteiger partial charge is 0.381 e. The third kappa shape index (κ3) is 4.69.